The standard InChI is InChI=1S/C14H20BrN3O2/c1-20-9-10-4-3-7-18(8-10)12-6-2-5-11(15)13(12)14(16)17-19/h2,5-6,10,19H,3-4,7-9H2,1H3,(H2,16,17). The number of nitrogens with zero attached hydrogens (tertiary/aromatic N) is 2. The molecule has 1 heterocycles. The van der Waals surface area contributed by atoms with Crippen LogP contribution in [-0.4, -0.2) is 37.8 Å². The number of anilines is 1. The molecule has 5 nitrogen and oxygen atoms in total. The first-order valence-corrected chi connectivity index (χ1v) is 7.47. The molecule has 1 atom stereocenters. The van der Waals surface area contributed by atoms with Crippen molar-refractivity contribution in [3.8, 4) is 0 Å². The van der Waals surface area contributed by atoms with Gasteiger partial charge in [0.2, 0.25) is 0 Å². The van der Waals surface area contributed by atoms with Gasteiger partial charge in [-0.15, -0.1) is 0 Å². The Morgan fingerprint density at radius 1 is 1.60 bits per heavy atom. The summed E-state index contributed by atoms with van der Waals surface area (Å²) < 4.78 is 6.10. The van der Waals surface area contributed by atoms with Crippen molar-refractivity contribution in [1.82, 2.24) is 0 Å². The molecule has 0 bridgehead atoms. The zero-order chi connectivity index (χ0) is 14.5. The molecule has 0 spiro atoms. The van der Waals surface area contributed by atoms with E-state index in [2.05, 4.69) is 26.0 Å². The van der Waals surface area contributed by atoms with E-state index in [1.165, 1.54) is 6.42 Å². The van der Waals surface area contributed by atoms with Crippen molar-refractivity contribution in [3.63, 3.8) is 0 Å². The van der Waals surface area contributed by atoms with Crippen LogP contribution in [0, 0.1) is 5.92 Å². The molecule has 1 aromatic carbocycles. The first-order chi connectivity index (χ1) is 9.67. The number of benzene rings is 1. The molecular weight excluding hydrogens is 322 g/mol. The predicted octanol–water partition coefficient (Wildman–Crippen LogP) is 2.41. The SMILES string of the molecule is COCC1CCCN(c2cccc(Br)c2/C(N)=N/O)C1. The fraction of sp³-hybridized carbons (Fsp3) is 0.500. The molecule has 20 heavy (non-hydrogen) atoms. The number of hydrogen-bond donors (Lipinski definition) is 2. The van der Waals surface area contributed by atoms with E-state index in [4.69, 9.17) is 15.7 Å². The third kappa shape index (κ3) is 3.24. The summed E-state index contributed by atoms with van der Waals surface area (Å²) in [5, 5.41) is 12.1. The Kier molecular flexibility index (Phi) is 5.25. The van der Waals surface area contributed by atoms with Gasteiger partial charge in [-0.1, -0.05) is 11.2 Å². The van der Waals surface area contributed by atoms with Crippen molar-refractivity contribution in [1.29, 1.82) is 0 Å². The lowest BCUT2D eigenvalue weighted by molar-refractivity contribution is 0.143. The maximum absolute atomic E-state index is 8.98. The molecule has 0 aromatic heterocycles. The third-order valence-electron chi connectivity index (χ3n) is 3.62. The van der Waals surface area contributed by atoms with Gasteiger partial charge in [0.1, 0.15) is 0 Å². The van der Waals surface area contributed by atoms with Crippen molar-refractivity contribution in [3.05, 3.63) is 28.2 Å². The normalized spacial score (nSPS) is 20.2. The van der Waals surface area contributed by atoms with Gasteiger partial charge in [-0.2, -0.15) is 0 Å². The molecule has 1 unspecified atom stereocenters. The van der Waals surface area contributed by atoms with Crippen LogP contribution in [0.1, 0.15) is 18.4 Å². The quantitative estimate of drug-likeness (QED) is 0.382. The van der Waals surface area contributed by atoms with Crippen LogP contribution in [0.25, 0.3) is 0 Å². The second-order valence-corrected chi connectivity index (χ2v) is 5.88. The Morgan fingerprint density at radius 2 is 2.40 bits per heavy atom. The zero-order valence-corrected chi connectivity index (χ0v) is 13.1. The molecule has 1 aliphatic rings. The molecule has 1 aliphatic heterocycles. The highest BCUT2D eigenvalue weighted by molar-refractivity contribution is 9.10. The Bertz CT molecular complexity index is 491. The van der Waals surface area contributed by atoms with E-state index in [1.54, 1.807) is 7.11 Å². The number of hydrogen-bond acceptors (Lipinski definition) is 4. The fourth-order valence-corrected chi connectivity index (χ4v) is 3.29. The number of nitrogens with two attached hydrogens (primary N) is 1. The van der Waals surface area contributed by atoms with Crippen molar-refractivity contribution >= 4 is 27.5 Å². The molecular formula is C14H20BrN3O2. The molecule has 0 amide bonds. The van der Waals surface area contributed by atoms with Crippen LogP contribution in [0.4, 0.5) is 5.69 Å². The molecule has 2 rings (SSSR count). The van der Waals surface area contributed by atoms with Gasteiger partial charge >= 0.3 is 0 Å². The second-order valence-electron chi connectivity index (χ2n) is 5.03. The number of rotatable bonds is 4. The number of amidine groups is 1. The number of methoxy groups -OCH3 is 1. The lowest BCUT2D eigenvalue weighted by Crippen LogP contribution is -2.38. The molecule has 110 valence electrons. The summed E-state index contributed by atoms with van der Waals surface area (Å²) in [6.07, 6.45) is 2.30. The van der Waals surface area contributed by atoms with E-state index in [9.17, 15) is 0 Å². The molecule has 3 N–H and O–H groups in total. The molecule has 1 fully saturated rings. The van der Waals surface area contributed by atoms with Gasteiger partial charge in [0.25, 0.3) is 0 Å². The van der Waals surface area contributed by atoms with Crippen molar-refractivity contribution in [2.24, 2.45) is 16.8 Å². The van der Waals surface area contributed by atoms with Gasteiger partial charge in [-0.3, -0.25) is 0 Å². The van der Waals surface area contributed by atoms with E-state index in [0.29, 0.717) is 5.92 Å². The van der Waals surface area contributed by atoms with Gasteiger partial charge in [-0.05, 0) is 46.8 Å². The van der Waals surface area contributed by atoms with Gasteiger partial charge < -0.3 is 20.6 Å². The van der Waals surface area contributed by atoms with Gasteiger partial charge in [0.15, 0.2) is 5.84 Å². The summed E-state index contributed by atoms with van der Waals surface area (Å²) in [5.41, 5.74) is 7.55. The first-order valence-electron chi connectivity index (χ1n) is 6.67. The van der Waals surface area contributed by atoms with Crippen molar-refractivity contribution < 1.29 is 9.94 Å². The summed E-state index contributed by atoms with van der Waals surface area (Å²) in [5.74, 6) is 0.647. The predicted molar refractivity (Wildman–Crippen MR) is 83.5 cm³/mol. The van der Waals surface area contributed by atoms with Crippen molar-refractivity contribution in [2.75, 3.05) is 31.7 Å². The summed E-state index contributed by atoms with van der Waals surface area (Å²) >= 11 is 3.48. The van der Waals surface area contributed by atoms with E-state index in [-0.39, 0.29) is 5.84 Å². The van der Waals surface area contributed by atoms with Crippen LogP contribution in [0.15, 0.2) is 27.8 Å². The van der Waals surface area contributed by atoms with Crippen LogP contribution in [-0.2, 0) is 4.74 Å². The molecule has 0 saturated carbocycles. The van der Waals surface area contributed by atoms with E-state index in [1.807, 2.05) is 18.2 Å². The average Bonchev–Trinajstić information content (AvgIpc) is 2.47. The number of piperidine rings is 1. The summed E-state index contributed by atoms with van der Waals surface area (Å²) in [7, 11) is 1.74. The first kappa shape index (κ1) is 15.1. The molecule has 0 radical (unpaired) electrons. The van der Waals surface area contributed by atoms with E-state index in [0.717, 1.165) is 41.8 Å². The minimum Gasteiger partial charge on any atom is -0.409 e. The zero-order valence-electron chi connectivity index (χ0n) is 11.6. The third-order valence-corrected chi connectivity index (χ3v) is 4.28. The highest BCUT2D eigenvalue weighted by atomic mass is 79.9. The van der Waals surface area contributed by atoms with E-state index >= 15 is 0 Å². The van der Waals surface area contributed by atoms with Crippen LogP contribution >= 0.6 is 15.9 Å². The van der Waals surface area contributed by atoms with E-state index < -0.39 is 0 Å². The lowest BCUT2D eigenvalue weighted by atomic mass is 9.97. The summed E-state index contributed by atoms with van der Waals surface area (Å²) in [6, 6.07) is 5.87. The molecule has 1 saturated heterocycles. The maximum atomic E-state index is 8.98. The Hall–Kier alpha value is -1.27. The smallest absolute Gasteiger partial charge is 0.173 e. The number of oxime groups is 1. The number of ether oxygens (including phenoxy) is 1. The summed E-state index contributed by atoms with van der Waals surface area (Å²) in [6.45, 7) is 2.67. The Labute approximate surface area is 127 Å². The van der Waals surface area contributed by atoms with Crippen LogP contribution < -0.4 is 10.6 Å². The number of halogens is 1. The molecule has 1 aromatic rings. The molecule has 0 aliphatic carbocycles. The summed E-state index contributed by atoms with van der Waals surface area (Å²) in [4.78, 5) is 2.28. The Morgan fingerprint density at radius 3 is 3.10 bits per heavy atom. The highest BCUT2D eigenvalue weighted by Crippen LogP contribution is 2.31. The van der Waals surface area contributed by atoms with Crippen LogP contribution in [0.3, 0.4) is 0 Å². The molecule has 6 heteroatoms. The fourth-order valence-electron chi connectivity index (χ4n) is 2.74. The van der Waals surface area contributed by atoms with Gasteiger partial charge in [-0.25, -0.2) is 0 Å². The highest BCUT2D eigenvalue weighted by Gasteiger charge is 2.23. The lowest BCUT2D eigenvalue weighted by Gasteiger charge is -2.35. The Balaban J connectivity index is 2.30. The van der Waals surface area contributed by atoms with Crippen molar-refractivity contribution in [2.45, 2.75) is 12.8 Å². The maximum Gasteiger partial charge on any atom is 0.173 e. The monoisotopic (exact) mass is 341 g/mol. The van der Waals surface area contributed by atoms with Crippen LogP contribution in [0.2, 0.25) is 0 Å². The average molecular weight is 342 g/mol. The largest absolute Gasteiger partial charge is 0.409 e. The van der Waals surface area contributed by atoms with Gasteiger partial charge in [0, 0.05) is 30.4 Å². The topological polar surface area (TPSA) is 71.1 Å². The van der Waals surface area contributed by atoms with Gasteiger partial charge in [0.05, 0.1) is 12.2 Å². The minimum atomic E-state index is 0.126. The van der Waals surface area contributed by atoms with Crippen LogP contribution in [0.5, 0.6) is 0 Å². The minimum absolute atomic E-state index is 0.126. The second kappa shape index (κ2) is 6.95.